The number of piperidine rings is 1. The van der Waals surface area contributed by atoms with Crippen LogP contribution in [0.1, 0.15) is 54.7 Å². The summed E-state index contributed by atoms with van der Waals surface area (Å²) in [6, 6.07) is 13.5. The number of carbonyl (C=O) groups is 2. The maximum absolute atomic E-state index is 12.5. The number of pyridine rings is 1. The number of hydrogen-bond acceptors (Lipinski definition) is 8. The van der Waals surface area contributed by atoms with Gasteiger partial charge in [-0.25, -0.2) is 4.98 Å². The summed E-state index contributed by atoms with van der Waals surface area (Å²) >= 11 is 0. The van der Waals surface area contributed by atoms with Crippen molar-refractivity contribution in [1.29, 1.82) is 0 Å². The summed E-state index contributed by atoms with van der Waals surface area (Å²) in [5.41, 5.74) is 1.86. The highest BCUT2D eigenvalue weighted by molar-refractivity contribution is 6.00. The smallest absolute Gasteiger partial charge is 0.313 e. The highest BCUT2D eigenvalue weighted by atomic mass is 16.5. The fraction of sp³-hybridized carbons (Fsp3) is 0.423. The Morgan fingerprint density at radius 1 is 1.11 bits per heavy atom. The Hall–Kier alpha value is -3.75. The molecule has 9 heteroatoms. The van der Waals surface area contributed by atoms with Gasteiger partial charge in [0.2, 0.25) is 5.89 Å². The number of aromatic nitrogens is 3. The van der Waals surface area contributed by atoms with Crippen molar-refractivity contribution in [2.24, 2.45) is 11.3 Å². The van der Waals surface area contributed by atoms with Crippen molar-refractivity contribution in [3.63, 3.8) is 0 Å². The largest absolute Gasteiger partial charge is 0.466 e. The normalized spacial score (nSPS) is 17.1. The van der Waals surface area contributed by atoms with E-state index in [4.69, 9.17) is 9.15 Å². The van der Waals surface area contributed by atoms with Crippen LogP contribution in [-0.2, 0) is 16.0 Å². The molecule has 2 aliphatic rings. The zero-order valence-corrected chi connectivity index (χ0v) is 19.8. The number of nitrogens with one attached hydrogen (secondary N) is 1. The van der Waals surface area contributed by atoms with Crippen LogP contribution in [0.4, 0.5) is 11.5 Å². The number of esters is 1. The monoisotopic (exact) mass is 475 g/mol. The van der Waals surface area contributed by atoms with Crippen molar-refractivity contribution >= 4 is 23.4 Å². The van der Waals surface area contributed by atoms with E-state index in [1.807, 2.05) is 49.4 Å². The second-order valence-electron chi connectivity index (χ2n) is 9.37. The number of anilines is 2. The van der Waals surface area contributed by atoms with Crippen LogP contribution in [0.3, 0.4) is 0 Å². The maximum atomic E-state index is 12.5. The minimum atomic E-state index is -0.465. The zero-order valence-electron chi connectivity index (χ0n) is 19.8. The van der Waals surface area contributed by atoms with Gasteiger partial charge in [0.15, 0.2) is 0 Å². The molecule has 1 saturated heterocycles. The first-order chi connectivity index (χ1) is 17.0. The van der Waals surface area contributed by atoms with Gasteiger partial charge in [-0.05, 0) is 55.7 Å². The molecular formula is C26H29N5O4. The molecule has 1 aliphatic carbocycles. The SMILES string of the molecule is CCOC(=O)C1CC2(CCN(c3ccc(NC(=O)c4nnc(Cc5ccccc5)o4)cn3)CC2)C1. The van der Waals surface area contributed by atoms with E-state index in [-0.39, 0.29) is 23.2 Å². The highest BCUT2D eigenvalue weighted by Gasteiger charge is 2.49. The number of ether oxygens (including phenoxy) is 1. The molecule has 1 amide bonds. The second kappa shape index (κ2) is 9.85. The summed E-state index contributed by atoms with van der Waals surface area (Å²) in [6.45, 7) is 4.10. The molecule has 3 heterocycles. The molecule has 2 aromatic heterocycles. The van der Waals surface area contributed by atoms with E-state index >= 15 is 0 Å². The molecule has 35 heavy (non-hydrogen) atoms. The molecule has 0 radical (unpaired) electrons. The molecule has 3 aromatic rings. The van der Waals surface area contributed by atoms with Gasteiger partial charge in [-0.15, -0.1) is 10.2 Å². The van der Waals surface area contributed by atoms with Crippen LogP contribution in [-0.4, -0.2) is 46.8 Å². The predicted octanol–water partition coefficient (Wildman–Crippen LogP) is 3.87. The fourth-order valence-corrected chi connectivity index (χ4v) is 5.05. The van der Waals surface area contributed by atoms with Crippen LogP contribution in [0, 0.1) is 11.3 Å². The first-order valence-electron chi connectivity index (χ1n) is 12.1. The molecule has 1 aliphatic heterocycles. The van der Waals surface area contributed by atoms with Gasteiger partial charge in [-0.2, -0.15) is 0 Å². The molecule has 9 nitrogen and oxygen atoms in total. The summed E-state index contributed by atoms with van der Waals surface area (Å²) in [4.78, 5) is 31.2. The van der Waals surface area contributed by atoms with Crippen LogP contribution in [0.2, 0.25) is 0 Å². The Balaban J connectivity index is 1.11. The Labute approximate surface area is 203 Å². The maximum Gasteiger partial charge on any atom is 0.313 e. The quantitative estimate of drug-likeness (QED) is 0.513. The number of rotatable bonds is 7. The molecule has 1 aromatic carbocycles. The number of carbonyl (C=O) groups excluding carboxylic acids is 2. The molecule has 1 spiro atoms. The van der Waals surface area contributed by atoms with E-state index in [1.165, 1.54) is 0 Å². The van der Waals surface area contributed by atoms with Crippen LogP contribution in [0.5, 0.6) is 0 Å². The van der Waals surface area contributed by atoms with Crippen molar-refractivity contribution in [3.05, 3.63) is 66.0 Å². The molecule has 2 fully saturated rings. The van der Waals surface area contributed by atoms with Crippen LogP contribution >= 0.6 is 0 Å². The van der Waals surface area contributed by atoms with Gasteiger partial charge in [0, 0.05) is 13.1 Å². The summed E-state index contributed by atoms with van der Waals surface area (Å²) in [5, 5.41) is 10.6. The molecule has 0 unspecified atom stereocenters. The van der Waals surface area contributed by atoms with Gasteiger partial charge in [0.25, 0.3) is 0 Å². The summed E-state index contributed by atoms with van der Waals surface area (Å²) in [5.74, 6) is 0.735. The van der Waals surface area contributed by atoms with Crippen molar-refractivity contribution in [2.45, 2.75) is 39.0 Å². The first-order valence-corrected chi connectivity index (χ1v) is 12.1. The van der Waals surface area contributed by atoms with Crippen molar-refractivity contribution < 1.29 is 18.7 Å². The minimum Gasteiger partial charge on any atom is -0.466 e. The second-order valence-corrected chi connectivity index (χ2v) is 9.37. The third-order valence-electron chi connectivity index (χ3n) is 6.99. The number of amides is 1. The van der Waals surface area contributed by atoms with E-state index in [9.17, 15) is 9.59 Å². The lowest BCUT2D eigenvalue weighted by molar-refractivity contribution is -0.157. The average Bonchev–Trinajstić information content (AvgIpc) is 3.32. The average molecular weight is 476 g/mol. The molecule has 0 atom stereocenters. The molecule has 1 saturated carbocycles. The summed E-state index contributed by atoms with van der Waals surface area (Å²) in [6.07, 6.45) is 6.07. The summed E-state index contributed by atoms with van der Waals surface area (Å²) < 4.78 is 10.7. The molecular weight excluding hydrogens is 446 g/mol. The Bertz CT molecular complexity index is 1160. The van der Waals surface area contributed by atoms with Gasteiger partial charge in [0.05, 0.1) is 30.8 Å². The Kier molecular flexibility index (Phi) is 6.48. The lowest BCUT2D eigenvalue weighted by Gasteiger charge is -2.51. The van der Waals surface area contributed by atoms with E-state index in [0.29, 0.717) is 24.6 Å². The van der Waals surface area contributed by atoms with Crippen LogP contribution in [0.25, 0.3) is 0 Å². The third-order valence-corrected chi connectivity index (χ3v) is 6.99. The van der Waals surface area contributed by atoms with E-state index in [2.05, 4.69) is 25.4 Å². The van der Waals surface area contributed by atoms with Crippen molar-refractivity contribution in [2.75, 3.05) is 29.9 Å². The van der Waals surface area contributed by atoms with E-state index in [1.54, 1.807) is 6.20 Å². The van der Waals surface area contributed by atoms with Crippen LogP contribution in [0.15, 0.2) is 53.1 Å². The van der Waals surface area contributed by atoms with Gasteiger partial charge >= 0.3 is 17.8 Å². The third kappa shape index (κ3) is 5.18. The Morgan fingerprint density at radius 2 is 1.89 bits per heavy atom. The first kappa shape index (κ1) is 23.0. The zero-order chi connectivity index (χ0) is 24.3. The minimum absolute atomic E-state index is 0.0483. The fourth-order valence-electron chi connectivity index (χ4n) is 5.05. The highest BCUT2D eigenvalue weighted by Crippen LogP contribution is 2.53. The van der Waals surface area contributed by atoms with E-state index < -0.39 is 5.91 Å². The van der Waals surface area contributed by atoms with Gasteiger partial charge in [-0.3, -0.25) is 9.59 Å². The Morgan fingerprint density at radius 3 is 2.57 bits per heavy atom. The van der Waals surface area contributed by atoms with E-state index in [0.717, 1.165) is 50.2 Å². The number of hydrogen-bond donors (Lipinski definition) is 1. The predicted molar refractivity (Wildman–Crippen MR) is 129 cm³/mol. The number of nitrogens with zero attached hydrogens (tertiary/aromatic N) is 4. The topological polar surface area (TPSA) is 110 Å². The summed E-state index contributed by atoms with van der Waals surface area (Å²) in [7, 11) is 0. The lowest BCUT2D eigenvalue weighted by atomic mass is 9.57. The lowest BCUT2D eigenvalue weighted by Crippen LogP contribution is -2.49. The standard InChI is InChI=1S/C26H29N5O4/c1-2-34-25(33)19-15-26(16-19)10-12-31(13-11-26)21-9-8-20(17-27-21)28-23(32)24-30-29-22(35-24)14-18-6-4-3-5-7-18/h3-9,17,19H,2,10-16H2,1H3,(H,28,32). The van der Waals surface area contributed by atoms with Gasteiger partial charge < -0.3 is 19.4 Å². The van der Waals surface area contributed by atoms with Gasteiger partial charge in [0.1, 0.15) is 5.82 Å². The number of benzene rings is 1. The molecule has 1 N–H and O–H groups in total. The van der Waals surface area contributed by atoms with Crippen molar-refractivity contribution in [3.8, 4) is 0 Å². The van der Waals surface area contributed by atoms with Crippen molar-refractivity contribution in [1.82, 2.24) is 15.2 Å². The molecule has 0 bridgehead atoms. The molecule has 5 rings (SSSR count). The van der Waals surface area contributed by atoms with Crippen LogP contribution < -0.4 is 10.2 Å². The molecule has 182 valence electrons. The van der Waals surface area contributed by atoms with Gasteiger partial charge in [-0.1, -0.05) is 30.3 Å².